The van der Waals surface area contributed by atoms with Crippen LogP contribution in [0.25, 0.3) is 0 Å². The molecule has 0 aromatic heterocycles. The van der Waals surface area contributed by atoms with Gasteiger partial charge in [0, 0.05) is 39.3 Å². The summed E-state index contributed by atoms with van der Waals surface area (Å²) in [5, 5.41) is 0. The highest BCUT2D eigenvalue weighted by Crippen LogP contribution is 2.27. The van der Waals surface area contributed by atoms with E-state index in [4.69, 9.17) is 0 Å². The third-order valence-corrected chi connectivity index (χ3v) is 6.74. The number of amides is 1. The second-order valence-electron chi connectivity index (χ2n) is 7.00. The topological polar surface area (TPSA) is 60.9 Å². The summed E-state index contributed by atoms with van der Waals surface area (Å²) < 4.78 is 25.6. The molecular weight excluding hydrogens is 362 g/mol. The minimum Gasteiger partial charge on any atom is -0.329 e. The van der Waals surface area contributed by atoms with E-state index < -0.39 is 10.0 Å². The zero-order valence-corrected chi connectivity index (χ0v) is 16.7. The molecule has 0 aliphatic carbocycles. The summed E-state index contributed by atoms with van der Waals surface area (Å²) in [6, 6.07) is 16.2. The molecule has 1 amide bonds. The molecule has 1 fully saturated rings. The van der Waals surface area contributed by atoms with Gasteiger partial charge in [0.1, 0.15) is 0 Å². The summed E-state index contributed by atoms with van der Waals surface area (Å²) in [6.07, 6.45) is 0. The van der Waals surface area contributed by atoms with E-state index in [1.165, 1.54) is 26.2 Å². The van der Waals surface area contributed by atoms with E-state index in [0.717, 1.165) is 23.0 Å². The Morgan fingerprint density at radius 1 is 1.00 bits per heavy atom. The van der Waals surface area contributed by atoms with Crippen LogP contribution >= 0.6 is 0 Å². The second kappa shape index (κ2) is 7.80. The molecule has 1 unspecified atom stereocenters. The fourth-order valence-electron chi connectivity index (χ4n) is 3.27. The first-order valence-electron chi connectivity index (χ1n) is 8.88. The standard InChI is InChI=1S/C20H25N3O3S/c1-21(2)27(25,26)18-11-9-17(10-12-18)20(24)23-14-13-22(3)15-19(23)16-7-5-4-6-8-16/h4-12,19H,13-15H2,1-3H3. The molecule has 0 bridgehead atoms. The van der Waals surface area contributed by atoms with Gasteiger partial charge in [0.15, 0.2) is 0 Å². The molecule has 6 nitrogen and oxygen atoms in total. The Balaban J connectivity index is 1.87. The van der Waals surface area contributed by atoms with Crippen LogP contribution in [0.15, 0.2) is 59.5 Å². The van der Waals surface area contributed by atoms with Gasteiger partial charge in [-0.05, 0) is 36.9 Å². The van der Waals surface area contributed by atoms with E-state index in [1.54, 1.807) is 12.1 Å². The molecule has 1 aliphatic heterocycles. The van der Waals surface area contributed by atoms with Gasteiger partial charge < -0.3 is 9.80 Å². The third kappa shape index (κ3) is 4.05. The van der Waals surface area contributed by atoms with Gasteiger partial charge >= 0.3 is 0 Å². The Morgan fingerprint density at radius 2 is 1.63 bits per heavy atom. The van der Waals surface area contributed by atoms with Crippen molar-refractivity contribution in [2.75, 3.05) is 40.8 Å². The lowest BCUT2D eigenvalue weighted by atomic mass is 10.0. The summed E-state index contributed by atoms with van der Waals surface area (Å²) in [5.74, 6) is -0.0780. The number of nitrogens with zero attached hydrogens (tertiary/aromatic N) is 3. The Morgan fingerprint density at radius 3 is 2.22 bits per heavy atom. The Labute approximate surface area is 161 Å². The van der Waals surface area contributed by atoms with Crippen LogP contribution < -0.4 is 0 Å². The van der Waals surface area contributed by atoms with Gasteiger partial charge in [-0.25, -0.2) is 12.7 Å². The Hall–Kier alpha value is -2.22. The first-order valence-corrected chi connectivity index (χ1v) is 10.3. The summed E-state index contributed by atoms with van der Waals surface area (Å²) in [6.45, 7) is 2.21. The predicted octanol–water partition coefficient (Wildman–Crippen LogP) is 2.07. The van der Waals surface area contributed by atoms with E-state index >= 15 is 0 Å². The van der Waals surface area contributed by atoms with Crippen molar-refractivity contribution in [3.05, 3.63) is 65.7 Å². The number of likely N-dealkylation sites (N-methyl/N-ethyl adjacent to an activating group) is 1. The van der Waals surface area contributed by atoms with Crippen LogP contribution in [0.3, 0.4) is 0 Å². The quantitative estimate of drug-likeness (QED) is 0.806. The molecule has 0 saturated carbocycles. The average molecular weight is 388 g/mol. The molecule has 0 radical (unpaired) electrons. The Bertz CT molecular complexity index is 896. The maximum atomic E-state index is 13.1. The van der Waals surface area contributed by atoms with Gasteiger partial charge in [0.25, 0.3) is 5.91 Å². The van der Waals surface area contributed by atoms with Gasteiger partial charge in [-0.15, -0.1) is 0 Å². The van der Waals surface area contributed by atoms with Crippen molar-refractivity contribution in [3.8, 4) is 0 Å². The molecule has 1 heterocycles. The summed E-state index contributed by atoms with van der Waals surface area (Å²) in [4.78, 5) is 17.4. The Kier molecular flexibility index (Phi) is 5.64. The minimum absolute atomic E-state index is 0.0253. The van der Waals surface area contributed by atoms with Crippen LogP contribution in [0.1, 0.15) is 22.0 Å². The molecule has 27 heavy (non-hydrogen) atoms. The molecule has 0 spiro atoms. The maximum Gasteiger partial charge on any atom is 0.254 e. The lowest BCUT2D eigenvalue weighted by Gasteiger charge is -2.40. The van der Waals surface area contributed by atoms with E-state index in [2.05, 4.69) is 11.9 Å². The van der Waals surface area contributed by atoms with Crippen LogP contribution in [0.4, 0.5) is 0 Å². The first kappa shape index (κ1) is 19.5. The zero-order valence-electron chi connectivity index (χ0n) is 15.9. The second-order valence-corrected chi connectivity index (χ2v) is 9.15. The molecule has 2 aromatic carbocycles. The van der Waals surface area contributed by atoms with Crippen molar-refractivity contribution in [2.45, 2.75) is 10.9 Å². The van der Waals surface area contributed by atoms with Gasteiger partial charge in [0.05, 0.1) is 10.9 Å². The number of carbonyl (C=O) groups is 1. The molecule has 1 atom stereocenters. The highest BCUT2D eigenvalue weighted by atomic mass is 32.2. The monoisotopic (exact) mass is 387 g/mol. The number of piperazine rings is 1. The number of hydrogen-bond donors (Lipinski definition) is 0. The van der Waals surface area contributed by atoms with E-state index in [-0.39, 0.29) is 16.8 Å². The number of sulfonamides is 1. The van der Waals surface area contributed by atoms with E-state index in [9.17, 15) is 13.2 Å². The fourth-order valence-corrected chi connectivity index (χ4v) is 4.17. The molecule has 3 rings (SSSR count). The van der Waals surface area contributed by atoms with Crippen LogP contribution in [-0.2, 0) is 10.0 Å². The van der Waals surface area contributed by atoms with Crippen LogP contribution in [-0.4, -0.2) is 69.2 Å². The lowest BCUT2D eigenvalue weighted by molar-refractivity contribution is 0.0498. The number of rotatable bonds is 4. The van der Waals surface area contributed by atoms with Crippen molar-refractivity contribution in [2.24, 2.45) is 0 Å². The predicted molar refractivity (Wildman–Crippen MR) is 105 cm³/mol. The molecular formula is C20H25N3O3S. The molecule has 144 valence electrons. The summed E-state index contributed by atoms with van der Waals surface area (Å²) in [7, 11) is 1.53. The van der Waals surface area contributed by atoms with Crippen LogP contribution in [0.5, 0.6) is 0 Å². The number of benzene rings is 2. The molecule has 1 aliphatic rings. The van der Waals surface area contributed by atoms with Gasteiger partial charge in [-0.3, -0.25) is 4.79 Å². The maximum absolute atomic E-state index is 13.1. The molecule has 1 saturated heterocycles. The number of hydrogen-bond acceptors (Lipinski definition) is 4. The lowest BCUT2D eigenvalue weighted by Crippen LogP contribution is -2.49. The largest absolute Gasteiger partial charge is 0.329 e. The van der Waals surface area contributed by atoms with Crippen molar-refractivity contribution in [1.82, 2.24) is 14.1 Å². The van der Waals surface area contributed by atoms with Crippen molar-refractivity contribution >= 4 is 15.9 Å². The number of carbonyl (C=O) groups excluding carboxylic acids is 1. The first-order chi connectivity index (χ1) is 12.8. The van der Waals surface area contributed by atoms with Gasteiger partial charge in [0.2, 0.25) is 10.0 Å². The highest BCUT2D eigenvalue weighted by Gasteiger charge is 2.31. The average Bonchev–Trinajstić information content (AvgIpc) is 2.68. The van der Waals surface area contributed by atoms with Crippen LogP contribution in [0, 0.1) is 0 Å². The fraction of sp³-hybridized carbons (Fsp3) is 0.350. The molecule has 0 N–H and O–H groups in total. The van der Waals surface area contributed by atoms with E-state index in [1.807, 2.05) is 35.2 Å². The highest BCUT2D eigenvalue weighted by molar-refractivity contribution is 7.89. The van der Waals surface area contributed by atoms with Gasteiger partial charge in [-0.1, -0.05) is 30.3 Å². The van der Waals surface area contributed by atoms with Crippen molar-refractivity contribution in [1.29, 1.82) is 0 Å². The van der Waals surface area contributed by atoms with Crippen molar-refractivity contribution in [3.63, 3.8) is 0 Å². The summed E-state index contributed by atoms with van der Waals surface area (Å²) in [5.41, 5.74) is 1.60. The zero-order chi connectivity index (χ0) is 19.6. The van der Waals surface area contributed by atoms with Crippen LogP contribution in [0.2, 0.25) is 0 Å². The smallest absolute Gasteiger partial charge is 0.254 e. The normalized spacial score (nSPS) is 18.7. The molecule has 2 aromatic rings. The van der Waals surface area contributed by atoms with Crippen molar-refractivity contribution < 1.29 is 13.2 Å². The third-order valence-electron chi connectivity index (χ3n) is 4.91. The SMILES string of the molecule is CN1CCN(C(=O)c2ccc(S(=O)(=O)N(C)C)cc2)C(c2ccccc2)C1. The summed E-state index contributed by atoms with van der Waals surface area (Å²) >= 11 is 0. The van der Waals surface area contributed by atoms with E-state index in [0.29, 0.717) is 12.1 Å². The molecule has 7 heteroatoms. The minimum atomic E-state index is -3.50. The van der Waals surface area contributed by atoms with Gasteiger partial charge in [-0.2, -0.15) is 0 Å².